The molecule has 0 aromatic heterocycles. The van der Waals surface area contributed by atoms with Gasteiger partial charge in [0.05, 0.1) is 16.0 Å². The maximum atomic E-state index is 13.0. The molecule has 140 valence electrons. The molecule has 0 radical (unpaired) electrons. The Morgan fingerprint density at radius 3 is 2.69 bits per heavy atom. The van der Waals surface area contributed by atoms with E-state index in [1.165, 1.54) is 11.0 Å². The fourth-order valence-electron chi connectivity index (χ4n) is 3.97. The number of anilines is 1. The summed E-state index contributed by atoms with van der Waals surface area (Å²) in [6.07, 6.45) is 2.30. The molecule has 1 aromatic rings. The minimum atomic E-state index is -0.834. The number of urea groups is 1. The van der Waals surface area contributed by atoms with Gasteiger partial charge in [0, 0.05) is 32.9 Å². The Labute approximate surface area is 156 Å². The molecular weight excluding hydrogens is 358 g/mol. The van der Waals surface area contributed by atoms with Crippen molar-refractivity contribution in [3.63, 3.8) is 0 Å². The van der Waals surface area contributed by atoms with Crippen molar-refractivity contribution in [2.24, 2.45) is 11.3 Å². The van der Waals surface area contributed by atoms with Gasteiger partial charge in [-0.3, -0.25) is 9.59 Å². The maximum Gasteiger partial charge on any atom is 0.321 e. The topological polar surface area (TPSA) is 90.0 Å². The van der Waals surface area contributed by atoms with Crippen LogP contribution in [0.3, 0.4) is 0 Å². The van der Waals surface area contributed by atoms with Crippen LogP contribution in [-0.4, -0.2) is 60.0 Å². The largest absolute Gasteiger partial charge is 0.481 e. The summed E-state index contributed by atoms with van der Waals surface area (Å²) in [4.78, 5) is 39.5. The molecule has 2 fully saturated rings. The molecule has 0 bridgehead atoms. The number of likely N-dealkylation sites (tertiary alicyclic amines) is 1. The summed E-state index contributed by atoms with van der Waals surface area (Å²) in [5, 5.41) is 12.6. The van der Waals surface area contributed by atoms with Crippen molar-refractivity contribution >= 4 is 35.2 Å². The van der Waals surface area contributed by atoms with E-state index in [2.05, 4.69) is 5.32 Å². The number of benzene rings is 1. The Morgan fingerprint density at radius 2 is 2.08 bits per heavy atom. The van der Waals surface area contributed by atoms with Crippen molar-refractivity contribution in [1.29, 1.82) is 0 Å². The lowest BCUT2D eigenvalue weighted by atomic mass is 9.81. The summed E-state index contributed by atoms with van der Waals surface area (Å²) in [7, 11) is 3.23. The summed E-state index contributed by atoms with van der Waals surface area (Å²) >= 11 is 6.20. The summed E-state index contributed by atoms with van der Waals surface area (Å²) in [5.74, 6) is -1.14. The number of aliphatic carboxylic acids is 1. The number of carbonyl (C=O) groups excluding carboxylic acids is 2. The molecule has 3 rings (SSSR count). The van der Waals surface area contributed by atoms with Crippen LogP contribution >= 0.6 is 11.6 Å². The number of fused-ring (bicyclic) bond motifs is 1. The van der Waals surface area contributed by atoms with Gasteiger partial charge < -0.3 is 20.2 Å². The highest BCUT2D eigenvalue weighted by atomic mass is 35.5. The van der Waals surface area contributed by atoms with Crippen molar-refractivity contribution in [3.8, 4) is 0 Å². The third-order valence-electron chi connectivity index (χ3n) is 5.44. The molecule has 0 spiro atoms. The van der Waals surface area contributed by atoms with Crippen LogP contribution in [-0.2, 0) is 4.79 Å². The van der Waals surface area contributed by atoms with Gasteiger partial charge >= 0.3 is 12.0 Å². The Kier molecular flexibility index (Phi) is 4.84. The highest BCUT2D eigenvalue weighted by Crippen LogP contribution is 2.49. The van der Waals surface area contributed by atoms with Gasteiger partial charge in [0.15, 0.2) is 0 Å². The first-order chi connectivity index (χ1) is 12.2. The summed E-state index contributed by atoms with van der Waals surface area (Å²) < 4.78 is 0. The third-order valence-corrected chi connectivity index (χ3v) is 5.77. The van der Waals surface area contributed by atoms with Gasteiger partial charge in [0.25, 0.3) is 5.91 Å². The molecule has 1 saturated heterocycles. The van der Waals surface area contributed by atoms with E-state index in [1.807, 2.05) is 0 Å². The van der Waals surface area contributed by atoms with Gasteiger partial charge in [-0.15, -0.1) is 0 Å². The van der Waals surface area contributed by atoms with Crippen LogP contribution in [0.2, 0.25) is 5.02 Å². The first kappa shape index (κ1) is 18.5. The van der Waals surface area contributed by atoms with E-state index < -0.39 is 11.4 Å². The predicted molar refractivity (Wildman–Crippen MR) is 97.5 cm³/mol. The molecule has 7 nitrogen and oxygen atoms in total. The summed E-state index contributed by atoms with van der Waals surface area (Å²) in [6, 6.07) is 4.40. The number of halogens is 1. The number of hydrogen-bond donors (Lipinski definition) is 2. The molecule has 3 amide bonds. The van der Waals surface area contributed by atoms with Crippen molar-refractivity contribution in [3.05, 3.63) is 28.8 Å². The molecule has 1 heterocycles. The first-order valence-electron chi connectivity index (χ1n) is 8.55. The van der Waals surface area contributed by atoms with Crippen LogP contribution in [0, 0.1) is 11.3 Å². The minimum absolute atomic E-state index is 0.0145. The number of carboxylic acid groups (broad SMARTS) is 1. The van der Waals surface area contributed by atoms with E-state index >= 15 is 0 Å². The highest BCUT2D eigenvalue weighted by molar-refractivity contribution is 6.34. The molecular formula is C18H22ClN3O4. The van der Waals surface area contributed by atoms with Crippen molar-refractivity contribution in [2.45, 2.75) is 19.3 Å². The Hall–Kier alpha value is -2.28. The number of carboxylic acids is 1. The van der Waals surface area contributed by atoms with Crippen molar-refractivity contribution in [1.82, 2.24) is 9.80 Å². The zero-order valence-corrected chi connectivity index (χ0v) is 15.5. The van der Waals surface area contributed by atoms with Gasteiger partial charge in [0.2, 0.25) is 0 Å². The lowest BCUT2D eigenvalue weighted by Gasteiger charge is -2.23. The molecule has 1 aliphatic carbocycles. The van der Waals surface area contributed by atoms with Crippen LogP contribution in [0.5, 0.6) is 0 Å². The zero-order valence-electron chi connectivity index (χ0n) is 14.8. The van der Waals surface area contributed by atoms with Gasteiger partial charge in [0.1, 0.15) is 0 Å². The maximum absolute atomic E-state index is 13.0. The van der Waals surface area contributed by atoms with Crippen LogP contribution in [0.1, 0.15) is 29.6 Å². The third kappa shape index (κ3) is 3.11. The normalized spacial score (nSPS) is 24.3. The second-order valence-electron chi connectivity index (χ2n) is 7.26. The molecule has 2 aliphatic rings. The predicted octanol–water partition coefficient (Wildman–Crippen LogP) is 2.76. The number of nitrogens with zero attached hydrogens (tertiary/aromatic N) is 2. The number of amides is 3. The smallest absolute Gasteiger partial charge is 0.321 e. The van der Waals surface area contributed by atoms with E-state index in [-0.39, 0.29) is 35.0 Å². The highest BCUT2D eigenvalue weighted by Gasteiger charge is 2.55. The fourth-order valence-corrected chi connectivity index (χ4v) is 4.16. The summed E-state index contributed by atoms with van der Waals surface area (Å²) in [5.41, 5.74) is -0.105. The van der Waals surface area contributed by atoms with Crippen LogP contribution < -0.4 is 5.32 Å². The number of hydrogen-bond acceptors (Lipinski definition) is 3. The monoisotopic (exact) mass is 379 g/mol. The second-order valence-corrected chi connectivity index (χ2v) is 7.66. The van der Waals surface area contributed by atoms with Gasteiger partial charge in [-0.25, -0.2) is 4.79 Å². The zero-order chi connectivity index (χ0) is 19.1. The number of nitrogens with one attached hydrogen (secondary N) is 1. The van der Waals surface area contributed by atoms with Gasteiger partial charge in [-0.2, -0.15) is 0 Å². The molecule has 0 unspecified atom stereocenters. The summed E-state index contributed by atoms with van der Waals surface area (Å²) in [6.45, 7) is 0.631. The lowest BCUT2D eigenvalue weighted by Crippen LogP contribution is -2.37. The van der Waals surface area contributed by atoms with E-state index in [1.54, 1.807) is 31.1 Å². The average Bonchev–Trinajstić information content (AvgIpc) is 3.14. The first-order valence-corrected chi connectivity index (χ1v) is 8.93. The standard InChI is InChI=1S/C18H22ClN3O4/c1-21(2)17(26)20-12-5-6-14(19)13(8-12)15(23)22-9-11-4-3-7-18(11,10-22)16(24)25/h5-6,8,11H,3-4,7,9-10H2,1-2H3,(H,20,26)(H,24,25)/t11-,18+/m0/s1. The molecule has 2 atom stereocenters. The van der Waals surface area contributed by atoms with Crippen LogP contribution in [0.4, 0.5) is 10.5 Å². The van der Waals surface area contributed by atoms with E-state index in [0.29, 0.717) is 18.7 Å². The fraction of sp³-hybridized carbons (Fsp3) is 0.500. The molecule has 2 N–H and O–H groups in total. The van der Waals surface area contributed by atoms with Crippen molar-refractivity contribution < 1.29 is 19.5 Å². The Morgan fingerprint density at radius 1 is 1.35 bits per heavy atom. The molecule has 26 heavy (non-hydrogen) atoms. The molecule has 8 heteroatoms. The Balaban J connectivity index is 1.82. The Bertz CT molecular complexity index is 767. The van der Waals surface area contributed by atoms with E-state index in [4.69, 9.17) is 11.6 Å². The van der Waals surface area contributed by atoms with Gasteiger partial charge in [-0.1, -0.05) is 18.0 Å². The van der Waals surface area contributed by atoms with E-state index in [0.717, 1.165) is 12.8 Å². The number of rotatable bonds is 3. The minimum Gasteiger partial charge on any atom is -0.481 e. The number of carbonyl (C=O) groups is 3. The molecule has 1 aromatic carbocycles. The van der Waals surface area contributed by atoms with Crippen molar-refractivity contribution in [2.75, 3.05) is 32.5 Å². The molecule has 1 aliphatic heterocycles. The van der Waals surface area contributed by atoms with E-state index in [9.17, 15) is 19.5 Å². The quantitative estimate of drug-likeness (QED) is 0.844. The molecule has 1 saturated carbocycles. The lowest BCUT2D eigenvalue weighted by molar-refractivity contribution is -0.149. The van der Waals surface area contributed by atoms with Gasteiger partial charge in [-0.05, 0) is 37.0 Å². The van der Waals surface area contributed by atoms with Crippen LogP contribution in [0.25, 0.3) is 0 Å². The van der Waals surface area contributed by atoms with Crippen LogP contribution in [0.15, 0.2) is 18.2 Å². The second kappa shape index (κ2) is 6.79. The average molecular weight is 380 g/mol. The SMILES string of the molecule is CN(C)C(=O)Nc1ccc(Cl)c(C(=O)N2C[C@@H]3CCC[C@@]3(C(=O)O)C2)c1.